The van der Waals surface area contributed by atoms with Gasteiger partial charge in [0.1, 0.15) is 11.1 Å². The molecule has 1 atom stereocenters. The van der Waals surface area contributed by atoms with E-state index in [-0.39, 0.29) is 5.91 Å². The Labute approximate surface area is 106 Å². The monoisotopic (exact) mass is 253 g/mol. The summed E-state index contributed by atoms with van der Waals surface area (Å²) in [6.45, 7) is 2.46. The number of ether oxygens (including phenoxy) is 1. The number of nitrogens with zero attached hydrogens (tertiary/aromatic N) is 1. The summed E-state index contributed by atoms with van der Waals surface area (Å²) in [4.78, 5) is 13.8. The average molecular weight is 254 g/mol. The Bertz CT molecular complexity index is 431. The summed E-state index contributed by atoms with van der Waals surface area (Å²) < 4.78 is 5.19. The molecule has 1 aromatic rings. The van der Waals surface area contributed by atoms with Crippen molar-refractivity contribution in [3.8, 4) is 5.75 Å². The fourth-order valence-corrected chi connectivity index (χ4v) is 2.26. The molecule has 1 unspecified atom stereocenters. The van der Waals surface area contributed by atoms with Gasteiger partial charge in [-0.05, 0) is 43.5 Å². The number of benzene rings is 1. The molecule has 1 heterocycles. The van der Waals surface area contributed by atoms with Crippen LogP contribution in [0.4, 0.5) is 5.69 Å². The van der Waals surface area contributed by atoms with Crippen molar-refractivity contribution in [2.24, 2.45) is 0 Å². The zero-order valence-electron chi connectivity index (χ0n) is 10.1. The minimum absolute atomic E-state index is 0.0298. The van der Waals surface area contributed by atoms with Gasteiger partial charge in [0.15, 0.2) is 0 Å². The summed E-state index contributed by atoms with van der Waals surface area (Å²) in [5, 5.41) is -0.483. The summed E-state index contributed by atoms with van der Waals surface area (Å²) in [7, 11) is 1.65. The first-order chi connectivity index (χ1) is 8.13. The van der Waals surface area contributed by atoms with E-state index in [9.17, 15) is 4.79 Å². The fourth-order valence-electron chi connectivity index (χ4n) is 2.14. The highest BCUT2D eigenvalue weighted by Crippen LogP contribution is 2.31. The van der Waals surface area contributed by atoms with Crippen molar-refractivity contribution in [1.29, 1.82) is 0 Å². The van der Waals surface area contributed by atoms with Crippen molar-refractivity contribution < 1.29 is 9.53 Å². The molecule has 92 valence electrons. The van der Waals surface area contributed by atoms with E-state index in [4.69, 9.17) is 16.3 Å². The first kappa shape index (κ1) is 12.2. The molecule has 1 amide bonds. The number of carbonyl (C=O) groups excluding carboxylic acids is 1. The van der Waals surface area contributed by atoms with Gasteiger partial charge in [-0.1, -0.05) is 0 Å². The number of aryl methyl sites for hydroxylation is 1. The maximum atomic E-state index is 12.0. The molecular formula is C13H16ClNO2. The lowest BCUT2D eigenvalue weighted by molar-refractivity contribution is -0.118. The molecule has 0 aliphatic carbocycles. The summed E-state index contributed by atoms with van der Waals surface area (Å²) in [5.74, 6) is 0.801. The first-order valence-electron chi connectivity index (χ1n) is 5.76. The van der Waals surface area contributed by atoms with Gasteiger partial charge in [-0.25, -0.2) is 0 Å². The van der Waals surface area contributed by atoms with E-state index in [0.717, 1.165) is 36.4 Å². The first-order valence-corrected chi connectivity index (χ1v) is 6.19. The van der Waals surface area contributed by atoms with E-state index in [1.165, 1.54) is 0 Å². The molecule has 1 aliphatic rings. The second-order valence-corrected chi connectivity index (χ2v) is 4.86. The number of hydrogen-bond acceptors (Lipinski definition) is 2. The third-order valence-electron chi connectivity index (χ3n) is 3.01. The Kier molecular flexibility index (Phi) is 3.57. The number of anilines is 1. The van der Waals surface area contributed by atoms with Gasteiger partial charge in [0.25, 0.3) is 0 Å². The van der Waals surface area contributed by atoms with Crippen LogP contribution in [0.5, 0.6) is 5.75 Å². The third-order valence-corrected chi connectivity index (χ3v) is 3.20. The largest absolute Gasteiger partial charge is 0.497 e. The Morgan fingerprint density at radius 3 is 2.94 bits per heavy atom. The number of hydrogen-bond donors (Lipinski definition) is 0. The zero-order valence-corrected chi connectivity index (χ0v) is 10.8. The predicted octanol–water partition coefficient (Wildman–Crippen LogP) is 2.60. The fraction of sp³-hybridized carbons (Fsp3) is 0.462. The smallest absolute Gasteiger partial charge is 0.244 e. The number of alkyl halides is 1. The van der Waals surface area contributed by atoms with Gasteiger partial charge >= 0.3 is 0 Å². The normalized spacial score (nSPS) is 16.3. The number of rotatable bonds is 2. The molecule has 0 radical (unpaired) electrons. The van der Waals surface area contributed by atoms with E-state index in [1.807, 2.05) is 18.2 Å². The van der Waals surface area contributed by atoms with Crippen molar-refractivity contribution in [1.82, 2.24) is 0 Å². The average Bonchev–Trinajstić information content (AvgIpc) is 2.36. The molecule has 3 nitrogen and oxygen atoms in total. The number of carbonyl (C=O) groups is 1. The summed E-state index contributed by atoms with van der Waals surface area (Å²) in [6, 6.07) is 5.81. The van der Waals surface area contributed by atoms with Crippen LogP contribution in [0.3, 0.4) is 0 Å². The van der Waals surface area contributed by atoms with Crippen molar-refractivity contribution in [3.05, 3.63) is 23.8 Å². The molecule has 1 aliphatic heterocycles. The van der Waals surface area contributed by atoms with Crippen LogP contribution in [-0.4, -0.2) is 24.9 Å². The summed E-state index contributed by atoms with van der Waals surface area (Å²) in [6.07, 6.45) is 1.95. The molecule has 0 N–H and O–H groups in total. The van der Waals surface area contributed by atoms with Crippen LogP contribution in [0, 0.1) is 0 Å². The van der Waals surface area contributed by atoms with E-state index in [0.29, 0.717) is 0 Å². The van der Waals surface area contributed by atoms with Gasteiger partial charge < -0.3 is 9.64 Å². The van der Waals surface area contributed by atoms with Gasteiger partial charge in [-0.15, -0.1) is 11.6 Å². The van der Waals surface area contributed by atoms with E-state index < -0.39 is 5.38 Å². The number of amides is 1. The number of halogens is 1. The Balaban J connectivity index is 2.35. The van der Waals surface area contributed by atoms with Crippen LogP contribution in [0.25, 0.3) is 0 Å². The molecule has 0 aromatic heterocycles. The number of fused-ring (bicyclic) bond motifs is 1. The summed E-state index contributed by atoms with van der Waals surface area (Å²) >= 11 is 5.87. The molecule has 17 heavy (non-hydrogen) atoms. The van der Waals surface area contributed by atoms with Crippen LogP contribution in [0.2, 0.25) is 0 Å². The Morgan fingerprint density at radius 2 is 2.29 bits per heavy atom. The lowest BCUT2D eigenvalue weighted by Crippen LogP contribution is -2.39. The minimum Gasteiger partial charge on any atom is -0.497 e. The number of methoxy groups -OCH3 is 1. The molecule has 2 rings (SSSR count). The van der Waals surface area contributed by atoms with Crippen LogP contribution >= 0.6 is 11.6 Å². The van der Waals surface area contributed by atoms with Crippen molar-refractivity contribution in [3.63, 3.8) is 0 Å². The minimum atomic E-state index is -0.483. The molecular weight excluding hydrogens is 238 g/mol. The topological polar surface area (TPSA) is 29.5 Å². The van der Waals surface area contributed by atoms with Gasteiger partial charge in [0, 0.05) is 12.2 Å². The van der Waals surface area contributed by atoms with Gasteiger partial charge in [-0.3, -0.25) is 4.79 Å². The second-order valence-electron chi connectivity index (χ2n) is 4.20. The molecule has 1 aromatic carbocycles. The second kappa shape index (κ2) is 4.96. The third kappa shape index (κ3) is 2.39. The van der Waals surface area contributed by atoms with Gasteiger partial charge in [0.2, 0.25) is 5.91 Å². The van der Waals surface area contributed by atoms with Crippen molar-refractivity contribution in [2.75, 3.05) is 18.6 Å². The molecule has 0 fully saturated rings. The predicted molar refractivity (Wildman–Crippen MR) is 69.0 cm³/mol. The van der Waals surface area contributed by atoms with Crippen LogP contribution < -0.4 is 9.64 Å². The lowest BCUT2D eigenvalue weighted by atomic mass is 10.0. The molecule has 0 spiro atoms. The lowest BCUT2D eigenvalue weighted by Gasteiger charge is -2.30. The molecule has 0 bridgehead atoms. The highest BCUT2D eigenvalue weighted by Gasteiger charge is 2.25. The molecule has 0 saturated heterocycles. The highest BCUT2D eigenvalue weighted by atomic mass is 35.5. The standard InChI is InChI=1S/C13H16ClNO2/c1-9(14)13(16)15-7-3-4-10-8-11(17-2)5-6-12(10)15/h5-6,8-9H,3-4,7H2,1-2H3. The molecule has 4 heteroatoms. The van der Waals surface area contributed by atoms with Crippen LogP contribution in [0.1, 0.15) is 18.9 Å². The Hall–Kier alpha value is -1.22. The van der Waals surface area contributed by atoms with Gasteiger partial charge in [-0.2, -0.15) is 0 Å². The summed E-state index contributed by atoms with van der Waals surface area (Å²) in [5.41, 5.74) is 2.12. The Morgan fingerprint density at radius 1 is 1.53 bits per heavy atom. The highest BCUT2D eigenvalue weighted by molar-refractivity contribution is 6.32. The quantitative estimate of drug-likeness (QED) is 0.759. The maximum absolute atomic E-state index is 12.0. The van der Waals surface area contributed by atoms with Crippen LogP contribution in [-0.2, 0) is 11.2 Å². The van der Waals surface area contributed by atoms with Crippen molar-refractivity contribution >= 4 is 23.2 Å². The van der Waals surface area contributed by atoms with E-state index in [1.54, 1.807) is 18.9 Å². The van der Waals surface area contributed by atoms with Gasteiger partial charge in [0.05, 0.1) is 7.11 Å². The van der Waals surface area contributed by atoms with E-state index >= 15 is 0 Å². The maximum Gasteiger partial charge on any atom is 0.244 e. The van der Waals surface area contributed by atoms with Crippen LogP contribution in [0.15, 0.2) is 18.2 Å². The van der Waals surface area contributed by atoms with E-state index in [2.05, 4.69) is 0 Å². The SMILES string of the molecule is COc1ccc2c(c1)CCCN2C(=O)C(C)Cl. The molecule has 0 saturated carbocycles. The zero-order chi connectivity index (χ0) is 12.4. The van der Waals surface area contributed by atoms with Crippen molar-refractivity contribution in [2.45, 2.75) is 25.1 Å².